The number of hydrogen-bond donors (Lipinski definition) is 1. The molecule has 16 heavy (non-hydrogen) atoms. The summed E-state index contributed by atoms with van der Waals surface area (Å²) in [5.74, 6) is 1.47. The Hall–Kier alpha value is -1.84. The van der Waals surface area contributed by atoms with E-state index in [-0.39, 0.29) is 11.7 Å². The van der Waals surface area contributed by atoms with Crippen LogP contribution < -0.4 is 0 Å². The number of nitrogens with zero attached hydrogens (tertiary/aromatic N) is 2. The molecule has 0 aliphatic heterocycles. The van der Waals surface area contributed by atoms with Crippen LogP contribution in [0.4, 0.5) is 0 Å². The van der Waals surface area contributed by atoms with Crippen molar-refractivity contribution in [1.82, 2.24) is 10.1 Å². The summed E-state index contributed by atoms with van der Waals surface area (Å²) < 4.78 is 5.13. The summed E-state index contributed by atoms with van der Waals surface area (Å²) in [5.41, 5.74) is 0.574. The summed E-state index contributed by atoms with van der Waals surface area (Å²) in [6.07, 6.45) is 0.958. The highest BCUT2D eigenvalue weighted by Crippen LogP contribution is 2.28. The molecule has 1 atom stereocenters. The van der Waals surface area contributed by atoms with Gasteiger partial charge in [-0.25, -0.2) is 0 Å². The molecule has 1 heterocycles. The summed E-state index contributed by atoms with van der Waals surface area (Å²) in [5, 5.41) is 13.5. The van der Waals surface area contributed by atoms with E-state index in [4.69, 9.17) is 4.52 Å². The zero-order valence-electron chi connectivity index (χ0n) is 9.34. The Kier molecular flexibility index (Phi) is 2.90. The smallest absolute Gasteiger partial charge is 0.261 e. The average molecular weight is 218 g/mol. The molecule has 0 spiro atoms. The van der Waals surface area contributed by atoms with E-state index in [9.17, 15) is 5.11 Å². The second-order valence-electron chi connectivity index (χ2n) is 3.78. The van der Waals surface area contributed by atoms with Crippen LogP contribution in [0.3, 0.4) is 0 Å². The predicted octanol–water partition coefficient (Wildman–Crippen LogP) is 2.96. The zero-order valence-corrected chi connectivity index (χ0v) is 9.34. The first-order valence-corrected chi connectivity index (χ1v) is 5.34. The van der Waals surface area contributed by atoms with E-state index in [1.165, 1.54) is 0 Å². The number of benzene rings is 1. The van der Waals surface area contributed by atoms with Crippen LogP contribution in [0.1, 0.15) is 32.0 Å². The highest BCUT2D eigenvalue weighted by atomic mass is 16.5. The molecule has 1 N–H and O–H groups in total. The summed E-state index contributed by atoms with van der Waals surface area (Å²) in [6, 6.07) is 6.93. The van der Waals surface area contributed by atoms with Crippen LogP contribution in [0.2, 0.25) is 0 Å². The topological polar surface area (TPSA) is 59.2 Å². The normalized spacial score (nSPS) is 12.6. The molecule has 0 saturated carbocycles. The third-order valence-corrected chi connectivity index (χ3v) is 2.63. The van der Waals surface area contributed by atoms with E-state index in [0.29, 0.717) is 17.3 Å². The van der Waals surface area contributed by atoms with Crippen LogP contribution in [0.15, 0.2) is 28.8 Å². The van der Waals surface area contributed by atoms with Crippen molar-refractivity contribution in [3.05, 3.63) is 30.1 Å². The van der Waals surface area contributed by atoms with Crippen molar-refractivity contribution in [2.75, 3.05) is 0 Å². The lowest BCUT2D eigenvalue weighted by molar-refractivity contribution is 0.412. The number of hydrogen-bond acceptors (Lipinski definition) is 4. The molecule has 2 aromatic rings. The molecular formula is C12H14N2O2. The summed E-state index contributed by atoms with van der Waals surface area (Å²) in [7, 11) is 0. The molecule has 1 aromatic carbocycles. The standard InChI is InChI=1S/C12H14N2O2/c1-3-8(2)11-13-12(16-14-11)9-6-4-5-7-10(9)15/h4-8,15H,3H2,1-2H3. The van der Waals surface area contributed by atoms with Gasteiger partial charge in [-0.15, -0.1) is 0 Å². The second kappa shape index (κ2) is 4.35. The highest BCUT2D eigenvalue weighted by Gasteiger charge is 2.15. The first kappa shape index (κ1) is 10.7. The lowest BCUT2D eigenvalue weighted by Crippen LogP contribution is -1.93. The number of phenolic OH excluding ortho intramolecular Hbond substituents is 1. The van der Waals surface area contributed by atoms with E-state index >= 15 is 0 Å². The monoisotopic (exact) mass is 218 g/mol. The highest BCUT2D eigenvalue weighted by molar-refractivity contribution is 5.61. The summed E-state index contributed by atoms with van der Waals surface area (Å²) >= 11 is 0. The Labute approximate surface area is 93.9 Å². The van der Waals surface area contributed by atoms with Gasteiger partial charge in [0.05, 0.1) is 5.56 Å². The maximum atomic E-state index is 9.64. The van der Waals surface area contributed by atoms with Gasteiger partial charge in [0.15, 0.2) is 5.82 Å². The maximum Gasteiger partial charge on any atom is 0.261 e. The Morgan fingerprint density at radius 1 is 1.38 bits per heavy atom. The largest absolute Gasteiger partial charge is 0.507 e. The molecule has 0 aliphatic carbocycles. The van der Waals surface area contributed by atoms with Crippen LogP contribution in [0, 0.1) is 0 Å². The van der Waals surface area contributed by atoms with Gasteiger partial charge in [-0.3, -0.25) is 0 Å². The Bertz CT molecular complexity index is 479. The predicted molar refractivity (Wildman–Crippen MR) is 60.1 cm³/mol. The first-order chi connectivity index (χ1) is 7.72. The van der Waals surface area contributed by atoms with Crippen LogP contribution >= 0.6 is 0 Å². The molecular weight excluding hydrogens is 204 g/mol. The molecule has 0 aliphatic rings. The molecule has 4 nitrogen and oxygen atoms in total. The fourth-order valence-electron chi connectivity index (χ4n) is 1.38. The Morgan fingerprint density at radius 2 is 2.12 bits per heavy atom. The lowest BCUT2D eigenvalue weighted by Gasteiger charge is -1.99. The number of para-hydroxylation sites is 1. The van der Waals surface area contributed by atoms with E-state index in [1.807, 2.05) is 13.0 Å². The molecule has 0 radical (unpaired) electrons. The van der Waals surface area contributed by atoms with Gasteiger partial charge in [-0.05, 0) is 18.6 Å². The van der Waals surface area contributed by atoms with Gasteiger partial charge < -0.3 is 9.63 Å². The molecule has 1 aromatic heterocycles. The van der Waals surface area contributed by atoms with Gasteiger partial charge >= 0.3 is 0 Å². The SMILES string of the molecule is CCC(C)c1noc(-c2ccccc2O)n1. The molecule has 2 rings (SSSR count). The maximum absolute atomic E-state index is 9.64. The van der Waals surface area contributed by atoms with Gasteiger partial charge in [0.25, 0.3) is 5.89 Å². The number of phenols is 1. The number of rotatable bonds is 3. The minimum Gasteiger partial charge on any atom is -0.507 e. The molecule has 0 bridgehead atoms. The van der Waals surface area contributed by atoms with Crippen molar-refractivity contribution in [2.45, 2.75) is 26.2 Å². The van der Waals surface area contributed by atoms with Crippen LogP contribution in [0.25, 0.3) is 11.5 Å². The minimum absolute atomic E-state index is 0.154. The number of aromatic hydroxyl groups is 1. The molecule has 0 fully saturated rings. The Balaban J connectivity index is 2.35. The van der Waals surface area contributed by atoms with Crippen LogP contribution in [-0.4, -0.2) is 15.2 Å². The van der Waals surface area contributed by atoms with Crippen LogP contribution in [-0.2, 0) is 0 Å². The summed E-state index contributed by atoms with van der Waals surface area (Å²) in [4.78, 5) is 4.27. The van der Waals surface area contributed by atoms with Crippen molar-refractivity contribution in [3.63, 3.8) is 0 Å². The van der Waals surface area contributed by atoms with E-state index in [1.54, 1.807) is 18.2 Å². The van der Waals surface area contributed by atoms with Crippen molar-refractivity contribution >= 4 is 0 Å². The second-order valence-corrected chi connectivity index (χ2v) is 3.78. The van der Waals surface area contributed by atoms with Gasteiger partial charge in [0.2, 0.25) is 0 Å². The van der Waals surface area contributed by atoms with Crippen molar-refractivity contribution in [1.29, 1.82) is 0 Å². The van der Waals surface area contributed by atoms with Gasteiger partial charge in [0, 0.05) is 5.92 Å². The summed E-state index contributed by atoms with van der Waals surface area (Å²) in [6.45, 7) is 4.11. The number of aromatic nitrogens is 2. The van der Waals surface area contributed by atoms with Crippen molar-refractivity contribution < 1.29 is 9.63 Å². The molecule has 1 unspecified atom stereocenters. The van der Waals surface area contributed by atoms with Crippen molar-refractivity contribution in [2.24, 2.45) is 0 Å². The van der Waals surface area contributed by atoms with E-state index in [0.717, 1.165) is 6.42 Å². The fourth-order valence-corrected chi connectivity index (χ4v) is 1.38. The molecule has 0 amide bonds. The quantitative estimate of drug-likeness (QED) is 0.860. The third kappa shape index (κ3) is 1.91. The van der Waals surface area contributed by atoms with E-state index in [2.05, 4.69) is 17.1 Å². The fraction of sp³-hybridized carbons (Fsp3) is 0.333. The lowest BCUT2D eigenvalue weighted by atomic mass is 10.1. The van der Waals surface area contributed by atoms with E-state index < -0.39 is 0 Å². The van der Waals surface area contributed by atoms with Gasteiger partial charge in [0.1, 0.15) is 5.75 Å². The Morgan fingerprint density at radius 3 is 2.81 bits per heavy atom. The molecule has 0 saturated heterocycles. The third-order valence-electron chi connectivity index (χ3n) is 2.63. The molecule has 4 heteroatoms. The van der Waals surface area contributed by atoms with Crippen molar-refractivity contribution in [3.8, 4) is 17.2 Å². The van der Waals surface area contributed by atoms with Gasteiger partial charge in [-0.2, -0.15) is 4.98 Å². The first-order valence-electron chi connectivity index (χ1n) is 5.34. The van der Waals surface area contributed by atoms with Crippen LogP contribution in [0.5, 0.6) is 5.75 Å². The molecule has 84 valence electrons. The zero-order chi connectivity index (χ0) is 11.5. The average Bonchev–Trinajstić information content (AvgIpc) is 2.78. The minimum atomic E-state index is 0.154. The van der Waals surface area contributed by atoms with Gasteiger partial charge in [-0.1, -0.05) is 31.1 Å².